The van der Waals surface area contributed by atoms with E-state index in [1.165, 1.54) is 5.69 Å². The van der Waals surface area contributed by atoms with Crippen molar-refractivity contribution in [2.75, 3.05) is 75.7 Å². The molecule has 1 aromatic carbocycles. The van der Waals surface area contributed by atoms with Crippen molar-refractivity contribution in [3.8, 4) is 11.3 Å². The van der Waals surface area contributed by atoms with Crippen LogP contribution in [0, 0.1) is 0 Å². The van der Waals surface area contributed by atoms with Gasteiger partial charge in [0.25, 0.3) is 0 Å². The molecule has 0 amide bonds. The van der Waals surface area contributed by atoms with Gasteiger partial charge in [-0.25, -0.2) is 15.0 Å². The first-order valence-electron chi connectivity index (χ1n) is 11.8. The Hall–Kier alpha value is -3.76. The largest absolute Gasteiger partial charge is 0.383 e. The van der Waals surface area contributed by atoms with Gasteiger partial charge in [-0.2, -0.15) is 4.98 Å². The standard InChI is InChI=1S/C25H31N9O/c1-32-10-12-34(13-11-32)20-7-5-19(6-8-20)29-25-30-22(23-24(31-25)28-17-27-23)18-4-9-21(26-16-18)33(2)14-15-35-3/h4-9,16-17H,10-15H2,1-3H3,(H2,27,28,29,30,31). The summed E-state index contributed by atoms with van der Waals surface area (Å²) in [5.41, 5.74) is 5.18. The molecule has 1 saturated heterocycles. The summed E-state index contributed by atoms with van der Waals surface area (Å²) in [6, 6.07) is 12.4. The van der Waals surface area contributed by atoms with E-state index < -0.39 is 0 Å². The highest BCUT2D eigenvalue weighted by atomic mass is 16.5. The summed E-state index contributed by atoms with van der Waals surface area (Å²) >= 11 is 0. The topological polar surface area (TPSA) is 98.3 Å². The van der Waals surface area contributed by atoms with Crippen LogP contribution in [0.5, 0.6) is 0 Å². The summed E-state index contributed by atoms with van der Waals surface area (Å²) in [6.45, 7) is 5.66. The molecule has 4 heterocycles. The van der Waals surface area contributed by atoms with E-state index in [1.807, 2.05) is 25.4 Å². The maximum absolute atomic E-state index is 5.16. The number of pyridine rings is 1. The van der Waals surface area contributed by atoms with Gasteiger partial charge in [-0.15, -0.1) is 0 Å². The summed E-state index contributed by atoms with van der Waals surface area (Å²) in [6.07, 6.45) is 3.47. The van der Waals surface area contributed by atoms with E-state index in [0.29, 0.717) is 18.2 Å². The number of aromatic nitrogens is 5. The molecule has 10 heteroatoms. The monoisotopic (exact) mass is 473 g/mol. The first kappa shape index (κ1) is 23.0. The van der Waals surface area contributed by atoms with Crippen LogP contribution < -0.4 is 15.1 Å². The highest BCUT2D eigenvalue weighted by Crippen LogP contribution is 2.27. The number of hydrogen-bond donors (Lipinski definition) is 2. The average molecular weight is 474 g/mol. The molecule has 0 radical (unpaired) electrons. The number of benzene rings is 1. The molecule has 0 saturated carbocycles. The molecule has 1 aliphatic rings. The van der Waals surface area contributed by atoms with Crippen molar-refractivity contribution in [1.29, 1.82) is 0 Å². The van der Waals surface area contributed by atoms with E-state index in [4.69, 9.17) is 9.72 Å². The molecular formula is C25H31N9O. The lowest BCUT2D eigenvalue weighted by atomic mass is 10.2. The van der Waals surface area contributed by atoms with Gasteiger partial charge in [0.15, 0.2) is 5.65 Å². The lowest BCUT2D eigenvalue weighted by Gasteiger charge is -2.34. The number of nitrogens with zero attached hydrogens (tertiary/aromatic N) is 7. The third-order valence-electron chi connectivity index (χ3n) is 6.32. The van der Waals surface area contributed by atoms with E-state index in [-0.39, 0.29) is 0 Å². The Morgan fingerprint density at radius 2 is 1.83 bits per heavy atom. The number of methoxy groups -OCH3 is 1. The van der Waals surface area contributed by atoms with Gasteiger partial charge in [0.05, 0.1) is 12.9 Å². The lowest BCUT2D eigenvalue weighted by Crippen LogP contribution is -2.44. The van der Waals surface area contributed by atoms with Gasteiger partial charge in [0, 0.05) is 70.0 Å². The van der Waals surface area contributed by atoms with Crippen molar-refractivity contribution in [2.45, 2.75) is 0 Å². The maximum atomic E-state index is 5.16. The van der Waals surface area contributed by atoms with Crippen LogP contribution in [0.3, 0.4) is 0 Å². The number of ether oxygens (including phenoxy) is 1. The SMILES string of the molecule is COCCN(C)c1ccc(-c2nc(Nc3ccc(N4CCN(C)CC4)cc3)nc3nc[nH]c23)cn1. The Morgan fingerprint density at radius 3 is 2.54 bits per heavy atom. The molecular weight excluding hydrogens is 442 g/mol. The van der Waals surface area contributed by atoms with Crippen LogP contribution in [0.25, 0.3) is 22.4 Å². The van der Waals surface area contributed by atoms with Crippen molar-refractivity contribution in [1.82, 2.24) is 29.8 Å². The lowest BCUT2D eigenvalue weighted by molar-refractivity contribution is 0.206. The number of piperazine rings is 1. The quantitative estimate of drug-likeness (QED) is 0.400. The number of anilines is 4. The summed E-state index contributed by atoms with van der Waals surface area (Å²) < 4.78 is 5.16. The highest BCUT2D eigenvalue weighted by Gasteiger charge is 2.15. The van der Waals surface area contributed by atoms with Crippen LogP contribution in [0.15, 0.2) is 48.9 Å². The molecule has 0 unspecified atom stereocenters. The van der Waals surface area contributed by atoms with Gasteiger partial charge < -0.3 is 29.7 Å². The smallest absolute Gasteiger partial charge is 0.229 e. The number of H-pyrrole nitrogens is 1. The fourth-order valence-electron chi connectivity index (χ4n) is 4.14. The molecule has 2 N–H and O–H groups in total. The number of fused-ring (bicyclic) bond motifs is 1. The van der Waals surface area contributed by atoms with Gasteiger partial charge in [0.1, 0.15) is 17.0 Å². The number of nitrogens with one attached hydrogen (secondary N) is 2. The van der Waals surface area contributed by atoms with E-state index in [1.54, 1.807) is 13.4 Å². The van der Waals surface area contributed by atoms with Gasteiger partial charge >= 0.3 is 0 Å². The van der Waals surface area contributed by atoms with Crippen molar-refractivity contribution in [3.63, 3.8) is 0 Å². The Bertz CT molecular complexity index is 1250. The van der Waals surface area contributed by atoms with Gasteiger partial charge in [-0.1, -0.05) is 0 Å². The molecule has 4 aromatic rings. The van der Waals surface area contributed by atoms with Crippen molar-refractivity contribution < 1.29 is 4.74 Å². The molecule has 0 spiro atoms. The van der Waals surface area contributed by atoms with Crippen LogP contribution in [0.2, 0.25) is 0 Å². The second kappa shape index (κ2) is 10.2. The minimum Gasteiger partial charge on any atom is -0.383 e. The molecule has 1 fully saturated rings. The average Bonchev–Trinajstić information content (AvgIpc) is 3.37. The molecule has 0 bridgehead atoms. The first-order chi connectivity index (χ1) is 17.1. The second-order valence-electron chi connectivity index (χ2n) is 8.78. The second-order valence-corrected chi connectivity index (χ2v) is 8.78. The van der Waals surface area contributed by atoms with Crippen molar-refractivity contribution in [3.05, 3.63) is 48.9 Å². The Kier molecular flexibility index (Phi) is 6.73. The van der Waals surface area contributed by atoms with Crippen LogP contribution in [-0.4, -0.2) is 90.4 Å². The predicted octanol–water partition coefficient (Wildman–Crippen LogP) is 2.99. The minimum absolute atomic E-state index is 0.494. The van der Waals surface area contributed by atoms with Gasteiger partial charge in [-0.3, -0.25) is 0 Å². The molecule has 1 aliphatic heterocycles. The maximum Gasteiger partial charge on any atom is 0.229 e. The third-order valence-corrected chi connectivity index (χ3v) is 6.32. The van der Waals surface area contributed by atoms with E-state index >= 15 is 0 Å². The molecule has 10 nitrogen and oxygen atoms in total. The normalized spacial score (nSPS) is 14.4. The number of imidazole rings is 1. The summed E-state index contributed by atoms with van der Waals surface area (Å²) in [7, 11) is 5.86. The zero-order chi connectivity index (χ0) is 24.2. The molecule has 0 atom stereocenters. The van der Waals surface area contributed by atoms with Crippen molar-refractivity contribution >= 4 is 34.3 Å². The van der Waals surface area contributed by atoms with E-state index in [2.05, 4.69) is 71.3 Å². The number of likely N-dealkylation sites (N-methyl/N-ethyl adjacent to an activating group) is 2. The fraction of sp³-hybridized carbons (Fsp3) is 0.360. The van der Waals surface area contributed by atoms with Gasteiger partial charge in [-0.05, 0) is 43.4 Å². The molecule has 0 aliphatic carbocycles. The Balaban J connectivity index is 1.36. The number of rotatable bonds is 8. The van der Waals surface area contributed by atoms with Gasteiger partial charge in [0.2, 0.25) is 5.95 Å². The third kappa shape index (κ3) is 5.18. The summed E-state index contributed by atoms with van der Waals surface area (Å²) in [5, 5.41) is 3.34. The van der Waals surface area contributed by atoms with Crippen molar-refractivity contribution in [2.24, 2.45) is 0 Å². The Morgan fingerprint density at radius 1 is 1.03 bits per heavy atom. The van der Waals surface area contributed by atoms with Crippen LogP contribution in [0.4, 0.5) is 23.1 Å². The van der Waals surface area contributed by atoms with E-state index in [9.17, 15) is 0 Å². The number of hydrogen-bond acceptors (Lipinski definition) is 9. The van der Waals surface area contributed by atoms with Crippen LogP contribution >= 0.6 is 0 Å². The molecule has 182 valence electrons. The predicted molar refractivity (Wildman–Crippen MR) is 139 cm³/mol. The molecule has 35 heavy (non-hydrogen) atoms. The molecule has 3 aromatic heterocycles. The highest BCUT2D eigenvalue weighted by molar-refractivity contribution is 5.88. The molecule has 5 rings (SSSR count). The van der Waals surface area contributed by atoms with Crippen LogP contribution in [0.1, 0.15) is 0 Å². The minimum atomic E-state index is 0.494. The zero-order valence-corrected chi connectivity index (χ0v) is 20.4. The first-order valence-corrected chi connectivity index (χ1v) is 11.8. The zero-order valence-electron chi connectivity index (χ0n) is 20.4. The fourth-order valence-corrected chi connectivity index (χ4v) is 4.14. The van der Waals surface area contributed by atoms with Crippen LogP contribution in [-0.2, 0) is 4.74 Å². The summed E-state index contributed by atoms with van der Waals surface area (Å²) in [5.74, 6) is 1.37. The van der Waals surface area contributed by atoms with E-state index in [0.717, 1.165) is 61.0 Å². The summed E-state index contributed by atoms with van der Waals surface area (Å²) in [4.78, 5) is 28.4. The number of aromatic amines is 1. The Labute approximate surface area is 205 Å².